The molecule has 4 N–H and O–H groups in total. The van der Waals surface area contributed by atoms with E-state index < -0.39 is 22.8 Å². The van der Waals surface area contributed by atoms with Crippen molar-refractivity contribution in [2.75, 3.05) is 24.7 Å². The van der Waals surface area contributed by atoms with Crippen molar-refractivity contribution in [3.63, 3.8) is 0 Å². The van der Waals surface area contributed by atoms with Gasteiger partial charge in [0.25, 0.3) is 17.0 Å². The van der Waals surface area contributed by atoms with Crippen molar-refractivity contribution in [2.45, 2.75) is 19.4 Å². The third-order valence-corrected chi connectivity index (χ3v) is 5.33. The first-order valence-corrected chi connectivity index (χ1v) is 10.6. The minimum absolute atomic E-state index is 0.0268. The zero-order valence-corrected chi connectivity index (χ0v) is 19.3. The number of carbonyl (C=O) groups excluding carboxylic acids is 1. The number of aromatic hydroxyl groups is 1. The zero-order chi connectivity index (χ0) is 25.0. The maximum Gasteiger partial charge on any atom is 0.290 e. The lowest BCUT2D eigenvalue weighted by Gasteiger charge is -2.21. The van der Waals surface area contributed by atoms with Crippen molar-refractivity contribution in [3.05, 3.63) is 79.9 Å². The van der Waals surface area contributed by atoms with E-state index in [9.17, 15) is 24.8 Å². The lowest BCUT2D eigenvalue weighted by atomic mass is 10.0. The minimum atomic E-state index is -0.577. The van der Waals surface area contributed by atoms with Crippen molar-refractivity contribution in [1.82, 2.24) is 14.7 Å². The van der Waals surface area contributed by atoms with Gasteiger partial charge in [-0.15, -0.1) is 0 Å². The standard InChI is InChI=1S/C24H26N6O4/c1-5-17(15-9-7-6-8-10-15)26-19-20(24(34)30(4)28-22(19)32)27-18-12-14(13-25)11-16(21(18)31)23(33)29(2)3/h6-12,17,26-27,31H,5H2,1-4H3,(H,28,32)/t17-/m1/s1. The van der Waals surface area contributed by atoms with Gasteiger partial charge >= 0.3 is 0 Å². The fraction of sp³-hybridized carbons (Fsp3) is 0.250. The molecule has 0 saturated heterocycles. The number of aromatic nitrogens is 2. The van der Waals surface area contributed by atoms with Crippen LogP contribution in [0.15, 0.2) is 52.1 Å². The molecule has 3 aromatic rings. The maximum atomic E-state index is 13.0. The van der Waals surface area contributed by atoms with Crippen LogP contribution >= 0.6 is 0 Å². The van der Waals surface area contributed by atoms with E-state index in [-0.39, 0.29) is 34.2 Å². The Hall–Kier alpha value is -4.52. The highest BCUT2D eigenvalue weighted by Gasteiger charge is 2.22. The molecule has 0 aliphatic carbocycles. The molecule has 0 radical (unpaired) electrons. The fourth-order valence-corrected chi connectivity index (χ4v) is 3.51. The van der Waals surface area contributed by atoms with Gasteiger partial charge in [-0.05, 0) is 24.1 Å². The molecule has 1 heterocycles. The summed E-state index contributed by atoms with van der Waals surface area (Å²) in [6.45, 7) is 1.94. The van der Waals surface area contributed by atoms with Crippen LogP contribution in [0, 0.1) is 11.3 Å². The van der Waals surface area contributed by atoms with Crippen LogP contribution in [0.25, 0.3) is 0 Å². The molecule has 10 heteroatoms. The Morgan fingerprint density at radius 3 is 2.47 bits per heavy atom. The molecule has 0 saturated carbocycles. The van der Waals surface area contributed by atoms with Gasteiger partial charge in [-0.25, -0.2) is 0 Å². The van der Waals surface area contributed by atoms with Gasteiger partial charge in [0.15, 0.2) is 5.75 Å². The summed E-state index contributed by atoms with van der Waals surface area (Å²) in [5.41, 5.74) is -0.440. The number of aromatic amines is 1. The van der Waals surface area contributed by atoms with Crippen molar-refractivity contribution in [3.8, 4) is 11.8 Å². The van der Waals surface area contributed by atoms with E-state index in [0.29, 0.717) is 6.42 Å². The second kappa shape index (κ2) is 9.95. The fourth-order valence-electron chi connectivity index (χ4n) is 3.51. The molecule has 0 unspecified atom stereocenters. The number of anilines is 3. The number of carbonyl (C=O) groups is 1. The second-order valence-corrected chi connectivity index (χ2v) is 7.93. The number of hydrogen-bond donors (Lipinski definition) is 4. The lowest BCUT2D eigenvalue weighted by Crippen LogP contribution is -2.32. The molecule has 1 atom stereocenters. The Kier molecular flexibility index (Phi) is 7.06. The SMILES string of the molecule is CC[C@@H](Nc1c(Nc2cc(C#N)cc(C(=O)N(C)C)c2O)c(=O)n(C)[nH]c1=O)c1ccccc1. The molecular weight excluding hydrogens is 436 g/mol. The van der Waals surface area contributed by atoms with Gasteiger partial charge in [0.1, 0.15) is 11.4 Å². The molecule has 2 aromatic carbocycles. The summed E-state index contributed by atoms with van der Waals surface area (Å²) in [6, 6.07) is 13.7. The molecule has 0 aliphatic rings. The molecule has 1 amide bonds. The zero-order valence-electron chi connectivity index (χ0n) is 19.3. The Balaban J connectivity index is 2.16. The summed E-state index contributed by atoms with van der Waals surface area (Å²) in [5, 5.41) is 28.6. The molecule has 1 aromatic heterocycles. The maximum absolute atomic E-state index is 13.0. The monoisotopic (exact) mass is 462 g/mol. The number of benzene rings is 2. The summed E-state index contributed by atoms with van der Waals surface area (Å²) in [7, 11) is 4.41. The van der Waals surface area contributed by atoms with E-state index in [1.165, 1.54) is 38.2 Å². The number of amides is 1. The smallest absolute Gasteiger partial charge is 0.290 e. The average Bonchev–Trinajstić information content (AvgIpc) is 2.83. The topological polar surface area (TPSA) is 143 Å². The molecule has 0 fully saturated rings. The van der Waals surface area contributed by atoms with Crippen LogP contribution in [0.1, 0.15) is 40.9 Å². The third kappa shape index (κ3) is 4.78. The van der Waals surface area contributed by atoms with Crippen molar-refractivity contribution in [1.29, 1.82) is 5.26 Å². The minimum Gasteiger partial charge on any atom is -0.505 e. The van der Waals surface area contributed by atoms with E-state index in [1.54, 1.807) is 0 Å². The molecule has 176 valence electrons. The summed E-state index contributed by atoms with van der Waals surface area (Å²) >= 11 is 0. The largest absolute Gasteiger partial charge is 0.505 e. The summed E-state index contributed by atoms with van der Waals surface area (Å²) in [6.07, 6.45) is 0.620. The Morgan fingerprint density at radius 2 is 1.88 bits per heavy atom. The molecule has 0 bridgehead atoms. The number of hydrogen-bond acceptors (Lipinski definition) is 7. The van der Waals surface area contributed by atoms with Crippen LogP contribution in [0.4, 0.5) is 17.1 Å². The third-order valence-electron chi connectivity index (χ3n) is 5.33. The van der Waals surface area contributed by atoms with Crippen LogP contribution in [-0.2, 0) is 7.05 Å². The molecule has 0 spiro atoms. The van der Waals surface area contributed by atoms with E-state index in [2.05, 4.69) is 15.7 Å². The molecule has 10 nitrogen and oxygen atoms in total. The van der Waals surface area contributed by atoms with E-state index >= 15 is 0 Å². The number of rotatable bonds is 7. The van der Waals surface area contributed by atoms with Crippen LogP contribution in [0.2, 0.25) is 0 Å². The van der Waals surface area contributed by atoms with Gasteiger partial charge in [0, 0.05) is 21.1 Å². The van der Waals surface area contributed by atoms with E-state index in [1.807, 2.05) is 43.3 Å². The summed E-state index contributed by atoms with van der Waals surface area (Å²) in [5.74, 6) is -0.967. The first kappa shape index (κ1) is 24.1. The predicted octanol–water partition coefficient (Wildman–Crippen LogP) is 2.66. The van der Waals surface area contributed by atoms with Gasteiger partial charge < -0.3 is 20.6 Å². The van der Waals surface area contributed by atoms with Crippen LogP contribution in [-0.4, -0.2) is 39.8 Å². The van der Waals surface area contributed by atoms with Crippen molar-refractivity contribution >= 4 is 23.0 Å². The van der Waals surface area contributed by atoms with Gasteiger partial charge in [-0.3, -0.25) is 24.2 Å². The van der Waals surface area contributed by atoms with Crippen LogP contribution < -0.4 is 21.8 Å². The van der Waals surface area contributed by atoms with Crippen molar-refractivity contribution < 1.29 is 9.90 Å². The van der Waals surface area contributed by atoms with Crippen molar-refractivity contribution in [2.24, 2.45) is 7.05 Å². The Bertz CT molecular complexity index is 1370. The number of phenolic OH excluding ortho intramolecular Hbond substituents is 1. The number of nitrogens with zero attached hydrogens (tertiary/aromatic N) is 3. The first-order valence-electron chi connectivity index (χ1n) is 10.6. The summed E-state index contributed by atoms with van der Waals surface area (Å²) < 4.78 is 1.01. The van der Waals surface area contributed by atoms with Gasteiger partial charge in [-0.2, -0.15) is 5.26 Å². The highest BCUT2D eigenvalue weighted by molar-refractivity contribution is 5.99. The number of H-pyrrole nitrogens is 1. The Morgan fingerprint density at radius 1 is 1.21 bits per heavy atom. The number of aryl methyl sites for hydroxylation is 1. The second-order valence-electron chi connectivity index (χ2n) is 7.93. The number of phenols is 1. The summed E-state index contributed by atoms with van der Waals surface area (Å²) in [4.78, 5) is 39.7. The highest BCUT2D eigenvalue weighted by Crippen LogP contribution is 2.34. The first-order chi connectivity index (χ1) is 16.2. The van der Waals surface area contributed by atoms with Gasteiger partial charge in [0.05, 0.1) is 28.9 Å². The van der Waals surface area contributed by atoms with Crippen LogP contribution in [0.3, 0.4) is 0 Å². The molecule has 3 rings (SSSR count). The van der Waals surface area contributed by atoms with E-state index in [4.69, 9.17) is 0 Å². The Labute approximate surface area is 196 Å². The number of nitriles is 1. The predicted molar refractivity (Wildman–Crippen MR) is 130 cm³/mol. The lowest BCUT2D eigenvalue weighted by molar-refractivity contribution is 0.0824. The van der Waals surface area contributed by atoms with E-state index in [0.717, 1.165) is 10.2 Å². The highest BCUT2D eigenvalue weighted by atomic mass is 16.3. The van der Waals surface area contributed by atoms with Gasteiger partial charge in [-0.1, -0.05) is 37.3 Å². The molecule has 0 aliphatic heterocycles. The molecular formula is C24H26N6O4. The normalized spacial score (nSPS) is 11.4. The van der Waals surface area contributed by atoms with Crippen LogP contribution in [0.5, 0.6) is 5.75 Å². The average molecular weight is 463 g/mol. The van der Waals surface area contributed by atoms with Gasteiger partial charge in [0.2, 0.25) is 0 Å². The quantitative estimate of drug-likeness (QED) is 0.395. The number of nitrogens with one attached hydrogen (secondary N) is 3. The molecule has 34 heavy (non-hydrogen) atoms.